The van der Waals surface area contributed by atoms with Crippen molar-refractivity contribution in [1.29, 1.82) is 0 Å². The van der Waals surface area contributed by atoms with Gasteiger partial charge in [0.2, 0.25) is 5.91 Å². The van der Waals surface area contributed by atoms with Gasteiger partial charge in [-0.25, -0.2) is 0 Å². The molecule has 4 nitrogen and oxygen atoms in total. The molecule has 0 spiro atoms. The number of carbonyl (C=O) groups excluding carboxylic acids is 2. The first-order valence-electron chi connectivity index (χ1n) is 3.95. The third-order valence-corrected chi connectivity index (χ3v) is 1.99. The Morgan fingerprint density at radius 2 is 2.08 bits per heavy atom. The summed E-state index contributed by atoms with van der Waals surface area (Å²) in [5.41, 5.74) is 0. The molecule has 0 radical (unpaired) electrons. The van der Waals surface area contributed by atoms with Crippen LogP contribution in [-0.2, 0) is 14.3 Å². The summed E-state index contributed by atoms with van der Waals surface area (Å²) in [5, 5.41) is 0. The molecule has 0 bridgehead atoms. The van der Waals surface area contributed by atoms with Crippen LogP contribution in [-0.4, -0.2) is 42.3 Å². The van der Waals surface area contributed by atoms with Crippen molar-refractivity contribution in [3.05, 3.63) is 0 Å². The van der Waals surface area contributed by atoms with Crippen molar-refractivity contribution in [2.45, 2.75) is 18.2 Å². The zero-order valence-electron chi connectivity index (χ0n) is 8.04. The molecular weight excluding hydrogens is 238 g/mol. The highest BCUT2D eigenvalue weighted by Crippen LogP contribution is 2.02. The highest BCUT2D eigenvalue weighted by molar-refractivity contribution is 9.10. The van der Waals surface area contributed by atoms with E-state index in [1.165, 1.54) is 12.0 Å². The second kappa shape index (κ2) is 5.96. The van der Waals surface area contributed by atoms with E-state index in [2.05, 4.69) is 20.7 Å². The fourth-order valence-corrected chi connectivity index (χ4v) is 1.12. The molecule has 0 N–H and O–H groups in total. The fraction of sp³-hybridized carbons (Fsp3) is 0.750. The van der Waals surface area contributed by atoms with Crippen molar-refractivity contribution < 1.29 is 14.3 Å². The molecule has 1 atom stereocenters. The van der Waals surface area contributed by atoms with Gasteiger partial charge in [-0.15, -0.1) is 0 Å². The van der Waals surface area contributed by atoms with E-state index in [0.717, 1.165) is 0 Å². The predicted octanol–water partition coefficient (Wildman–Crippen LogP) is 0.791. The fourth-order valence-electron chi connectivity index (χ4n) is 0.775. The minimum Gasteiger partial charge on any atom is -0.469 e. The first-order chi connectivity index (χ1) is 5.99. The quantitative estimate of drug-likeness (QED) is 0.549. The summed E-state index contributed by atoms with van der Waals surface area (Å²) in [7, 11) is 2.99. The van der Waals surface area contributed by atoms with Crippen molar-refractivity contribution in [2.24, 2.45) is 0 Å². The zero-order valence-corrected chi connectivity index (χ0v) is 9.63. The standard InChI is InChI=1S/C8H14BrNO3/c1-6(9)8(12)10(2)5-4-7(11)13-3/h6H,4-5H2,1-3H3. The van der Waals surface area contributed by atoms with Crippen LogP contribution < -0.4 is 0 Å². The molecule has 1 unspecified atom stereocenters. The van der Waals surface area contributed by atoms with Crippen molar-refractivity contribution >= 4 is 27.8 Å². The maximum Gasteiger partial charge on any atom is 0.307 e. The van der Waals surface area contributed by atoms with Gasteiger partial charge in [-0.05, 0) is 6.92 Å². The Kier molecular flexibility index (Phi) is 5.70. The number of rotatable bonds is 4. The van der Waals surface area contributed by atoms with Crippen LogP contribution in [0.3, 0.4) is 0 Å². The second-order valence-electron chi connectivity index (χ2n) is 2.70. The highest BCUT2D eigenvalue weighted by atomic mass is 79.9. The van der Waals surface area contributed by atoms with Gasteiger partial charge in [-0.1, -0.05) is 15.9 Å². The maximum atomic E-state index is 11.3. The number of amides is 1. The first-order valence-corrected chi connectivity index (χ1v) is 4.86. The van der Waals surface area contributed by atoms with Gasteiger partial charge in [0.1, 0.15) is 0 Å². The smallest absolute Gasteiger partial charge is 0.307 e. The van der Waals surface area contributed by atoms with Crippen molar-refractivity contribution in [2.75, 3.05) is 20.7 Å². The lowest BCUT2D eigenvalue weighted by molar-refractivity contribution is -0.141. The van der Waals surface area contributed by atoms with Crippen molar-refractivity contribution in [3.63, 3.8) is 0 Å². The highest BCUT2D eigenvalue weighted by Gasteiger charge is 2.14. The van der Waals surface area contributed by atoms with Crippen LogP contribution >= 0.6 is 15.9 Å². The number of hydrogen-bond acceptors (Lipinski definition) is 3. The number of carbonyl (C=O) groups is 2. The van der Waals surface area contributed by atoms with E-state index in [1.54, 1.807) is 14.0 Å². The molecule has 0 aromatic rings. The average molecular weight is 252 g/mol. The second-order valence-corrected chi connectivity index (χ2v) is 4.08. The first kappa shape index (κ1) is 12.4. The molecule has 0 aliphatic rings. The van der Waals surface area contributed by atoms with Crippen LogP contribution in [0, 0.1) is 0 Å². The Morgan fingerprint density at radius 1 is 1.54 bits per heavy atom. The number of methoxy groups -OCH3 is 1. The van der Waals surface area contributed by atoms with E-state index in [-0.39, 0.29) is 23.1 Å². The molecule has 13 heavy (non-hydrogen) atoms. The van der Waals surface area contributed by atoms with Gasteiger partial charge in [0.15, 0.2) is 0 Å². The lowest BCUT2D eigenvalue weighted by Crippen LogP contribution is -2.33. The van der Waals surface area contributed by atoms with Crippen LogP contribution in [0.1, 0.15) is 13.3 Å². The predicted molar refractivity (Wildman–Crippen MR) is 52.7 cm³/mol. The minimum absolute atomic E-state index is 0.0381. The lowest BCUT2D eigenvalue weighted by Gasteiger charge is -2.17. The van der Waals surface area contributed by atoms with E-state index >= 15 is 0 Å². The lowest BCUT2D eigenvalue weighted by atomic mass is 10.3. The topological polar surface area (TPSA) is 46.6 Å². The van der Waals surface area contributed by atoms with E-state index < -0.39 is 0 Å². The van der Waals surface area contributed by atoms with E-state index in [1.807, 2.05) is 0 Å². The molecule has 0 aliphatic heterocycles. The molecule has 0 fully saturated rings. The molecule has 1 amide bonds. The molecule has 76 valence electrons. The van der Waals surface area contributed by atoms with E-state index in [0.29, 0.717) is 6.54 Å². The number of halogens is 1. The van der Waals surface area contributed by atoms with Crippen LogP contribution in [0.15, 0.2) is 0 Å². The maximum absolute atomic E-state index is 11.3. The van der Waals surface area contributed by atoms with Gasteiger partial charge in [0.05, 0.1) is 18.4 Å². The van der Waals surface area contributed by atoms with Gasteiger partial charge >= 0.3 is 5.97 Å². The van der Waals surface area contributed by atoms with Gasteiger partial charge in [-0.3, -0.25) is 9.59 Å². The Hall–Kier alpha value is -0.580. The summed E-state index contributed by atoms with van der Waals surface area (Å²) < 4.78 is 4.45. The molecular formula is C8H14BrNO3. The average Bonchev–Trinajstić information content (AvgIpc) is 2.11. The molecule has 0 aromatic heterocycles. The summed E-state index contributed by atoms with van der Waals surface area (Å²) >= 11 is 3.16. The molecule has 0 heterocycles. The Bertz CT molecular complexity index is 194. The summed E-state index contributed by atoms with van der Waals surface area (Å²) in [6, 6.07) is 0. The van der Waals surface area contributed by atoms with Crippen LogP contribution in [0.4, 0.5) is 0 Å². The normalized spacial score (nSPS) is 12.0. The number of ether oxygens (including phenoxy) is 1. The number of hydrogen-bond donors (Lipinski definition) is 0. The summed E-state index contributed by atoms with van der Waals surface area (Å²) in [6.07, 6.45) is 0.235. The van der Waals surface area contributed by atoms with Crippen LogP contribution in [0.2, 0.25) is 0 Å². The Morgan fingerprint density at radius 3 is 2.46 bits per heavy atom. The van der Waals surface area contributed by atoms with Gasteiger partial charge < -0.3 is 9.64 Å². The monoisotopic (exact) mass is 251 g/mol. The molecule has 0 saturated carbocycles. The minimum atomic E-state index is -0.304. The summed E-state index contributed by atoms with van der Waals surface area (Å²) in [6.45, 7) is 2.14. The number of nitrogens with zero attached hydrogens (tertiary/aromatic N) is 1. The summed E-state index contributed by atoms with van der Waals surface area (Å²) in [5.74, 6) is -0.342. The van der Waals surface area contributed by atoms with Gasteiger partial charge in [0.25, 0.3) is 0 Å². The zero-order chi connectivity index (χ0) is 10.4. The molecule has 0 aliphatic carbocycles. The number of esters is 1. The molecule has 0 rings (SSSR count). The molecule has 0 saturated heterocycles. The van der Waals surface area contributed by atoms with Crippen molar-refractivity contribution in [1.82, 2.24) is 4.90 Å². The number of alkyl halides is 1. The summed E-state index contributed by atoms with van der Waals surface area (Å²) in [4.78, 5) is 23.3. The van der Waals surface area contributed by atoms with Crippen molar-refractivity contribution in [3.8, 4) is 0 Å². The van der Waals surface area contributed by atoms with Gasteiger partial charge in [0, 0.05) is 13.6 Å². The van der Waals surface area contributed by atoms with Crippen LogP contribution in [0.5, 0.6) is 0 Å². The van der Waals surface area contributed by atoms with E-state index in [9.17, 15) is 9.59 Å². The third kappa shape index (κ3) is 4.87. The van der Waals surface area contributed by atoms with E-state index in [4.69, 9.17) is 0 Å². The third-order valence-electron chi connectivity index (χ3n) is 1.60. The molecule has 5 heteroatoms. The Labute approximate surface area is 86.4 Å². The molecule has 0 aromatic carbocycles. The SMILES string of the molecule is COC(=O)CCN(C)C(=O)C(C)Br. The van der Waals surface area contributed by atoms with Gasteiger partial charge in [-0.2, -0.15) is 0 Å². The Balaban J connectivity index is 3.81. The largest absolute Gasteiger partial charge is 0.469 e. The van der Waals surface area contributed by atoms with Crippen LogP contribution in [0.25, 0.3) is 0 Å².